The number of anilines is 1. The molecule has 110 valence electrons. The first kappa shape index (κ1) is 15.9. The number of hydrogen-bond donors (Lipinski definition) is 2. The Labute approximate surface area is 117 Å². The Kier molecular flexibility index (Phi) is 5.92. The van der Waals surface area contributed by atoms with E-state index < -0.39 is 10.8 Å². The van der Waals surface area contributed by atoms with E-state index in [1.807, 2.05) is 14.1 Å². The molecule has 0 saturated carbocycles. The average molecular weight is 280 g/mol. The van der Waals surface area contributed by atoms with Crippen LogP contribution in [0.3, 0.4) is 0 Å². The van der Waals surface area contributed by atoms with Crippen LogP contribution in [-0.4, -0.2) is 42.9 Å². The number of carbonyl (C=O) groups excluding carboxylic acids is 1. The van der Waals surface area contributed by atoms with Crippen molar-refractivity contribution in [3.8, 4) is 0 Å². The fourth-order valence-electron chi connectivity index (χ4n) is 1.80. The van der Waals surface area contributed by atoms with Crippen LogP contribution in [0.4, 0.5) is 11.4 Å². The van der Waals surface area contributed by atoms with Gasteiger partial charge in [0, 0.05) is 6.54 Å². The van der Waals surface area contributed by atoms with Crippen LogP contribution < -0.4 is 11.1 Å². The molecule has 7 nitrogen and oxygen atoms in total. The largest absolute Gasteiger partial charge is 0.393 e. The van der Waals surface area contributed by atoms with Gasteiger partial charge in [-0.05, 0) is 45.6 Å². The zero-order valence-corrected chi connectivity index (χ0v) is 11.8. The van der Waals surface area contributed by atoms with E-state index in [2.05, 4.69) is 10.2 Å². The van der Waals surface area contributed by atoms with Gasteiger partial charge in [-0.25, -0.2) is 0 Å². The highest BCUT2D eigenvalue weighted by Gasteiger charge is 2.22. The fraction of sp³-hybridized carbons (Fsp3) is 0.462. The number of para-hydroxylation sites is 1. The minimum absolute atomic E-state index is 0.00242. The predicted molar refractivity (Wildman–Crippen MR) is 77.6 cm³/mol. The van der Waals surface area contributed by atoms with Crippen LogP contribution in [-0.2, 0) is 0 Å². The molecule has 1 rings (SSSR count). The lowest BCUT2D eigenvalue weighted by molar-refractivity contribution is -0.384. The van der Waals surface area contributed by atoms with Crippen LogP contribution in [0.25, 0.3) is 0 Å². The van der Waals surface area contributed by atoms with Gasteiger partial charge >= 0.3 is 5.69 Å². The van der Waals surface area contributed by atoms with Gasteiger partial charge in [0.1, 0.15) is 11.3 Å². The van der Waals surface area contributed by atoms with Crippen molar-refractivity contribution in [3.05, 3.63) is 33.9 Å². The Morgan fingerprint density at radius 1 is 1.40 bits per heavy atom. The van der Waals surface area contributed by atoms with Gasteiger partial charge in [-0.15, -0.1) is 0 Å². The van der Waals surface area contributed by atoms with Crippen LogP contribution in [0.5, 0.6) is 0 Å². The van der Waals surface area contributed by atoms with Crippen LogP contribution in [0.1, 0.15) is 23.2 Å². The number of benzene rings is 1. The number of nitrogens with two attached hydrogens (primary N) is 1. The summed E-state index contributed by atoms with van der Waals surface area (Å²) < 4.78 is 0. The molecular formula is C13H20N4O3. The standard InChI is InChI=1S/C13H20N4O3/c1-16(2)9-4-3-8-15-13(18)10-6-5-7-11(14)12(10)17(19)20/h5-7H,3-4,8-9,14H2,1-2H3,(H,15,18). The van der Waals surface area contributed by atoms with E-state index in [0.717, 1.165) is 19.4 Å². The van der Waals surface area contributed by atoms with Gasteiger partial charge in [-0.3, -0.25) is 14.9 Å². The molecule has 0 aliphatic rings. The summed E-state index contributed by atoms with van der Waals surface area (Å²) in [6.07, 6.45) is 1.77. The topological polar surface area (TPSA) is 102 Å². The predicted octanol–water partition coefficient (Wildman–Crippen LogP) is 1.25. The molecule has 1 aromatic rings. The molecule has 7 heteroatoms. The van der Waals surface area contributed by atoms with Crippen LogP contribution in [0, 0.1) is 10.1 Å². The first-order chi connectivity index (χ1) is 9.43. The summed E-state index contributed by atoms with van der Waals surface area (Å²) in [4.78, 5) is 24.3. The van der Waals surface area contributed by atoms with Gasteiger partial charge in [-0.2, -0.15) is 0 Å². The number of nitrogens with zero attached hydrogens (tertiary/aromatic N) is 2. The maximum Gasteiger partial charge on any atom is 0.304 e. The minimum Gasteiger partial charge on any atom is -0.393 e. The van der Waals surface area contributed by atoms with Crippen LogP contribution >= 0.6 is 0 Å². The monoisotopic (exact) mass is 280 g/mol. The number of nitro groups is 1. The molecule has 20 heavy (non-hydrogen) atoms. The second-order valence-electron chi connectivity index (χ2n) is 4.77. The zero-order valence-electron chi connectivity index (χ0n) is 11.8. The highest BCUT2D eigenvalue weighted by atomic mass is 16.6. The fourth-order valence-corrected chi connectivity index (χ4v) is 1.80. The highest BCUT2D eigenvalue weighted by molar-refractivity contribution is 6.00. The first-order valence-electron chi connectivity index (χ1n) is 6.39. The summed E-state index contributed by atoms with van der Waals surface area (Å²) in [6, 6.07) is 4.35. The molecule has 0 atom stereocenters. The van der Waals surface area contributed by atoms with Crippen LogP contribution in [0.15, 0.2) is 18.2 Å². The van der Waals surface area contributed by atoms with Crippen molar-refractivity contribution in [1.82, 2.24) is 10.2 Å². The molecule has 0 heterocycles. The molecule has 1 amide bonds. The lowest BCUT2D eigenvalue weighted by atomic mass is 10.1. The Morgan fingerprint density at radius 3 is 2.70 bits per heavy atom. The molecule has 1 aromatic carbocycles. The molecule has 0 radical (unpaired) electrons. The second kappa shape index (κ2) is 7.44. The van der Waals surface area contributed by atoms with E-state index >= 15 is 0 Å². The Hall–Kier alpha value is -2.15. The summed E-state index contributed by atoms with van der Waals surface area (Å²) in [5.74, 6) is -0.464. The number of hydrogen-bond acceptors (Lipinski definition) is 5. The van der Waals surface area contributed by atoms with Gasteiger partial charge in [0.2, 0.25) is 0 Å². The van der Waals surface area contributed by atoms with E-state index in [-0.39, 0.29) is 16.9 Å². The van der Waals surface area contributed by atoms with E-state index in [1.54, 1.807) is 0 Å². The first-order valence-corrected chi connectivity index (χ1v) is 6.39. The number of unbranched alkanes of at least 4 members (excludes halogenated alkanes) is 1. The number of amides is 1. The van der Waals surface area contributed by atoms with Crippen molar-refractivity contribution < 1.29 is 9.72 Å². The summed E-state index contributed by atoms with van der Waals surface area (Å²) in [6.45, 7) is 1.42. The molecule has 0 aromatic heterocycles. The van der Waals surface area contributed by atoms with Crippen molar-refractivity contribution in [2.24, 2.45) is 0 Å². The van der Waals surface area contributed by atoms with Gasteiger partial charge in [0.15, 0.2) is 0 Å². The van der Waals surface area contributed by atoms with Crippen molar-refractivity contribution in [2.45, 2.75) is 12.8 Å². The average Bonchev–Trinajstić information content (AvgIpc) is 2.36. The van der Waals surface area contributed by atoms with Crippen molar-refractivity contribution in [3.63, 3.8) is 0 Å². The Morgan fingerprint density at radius 2 is 2.10 bits per heavy atom. The molecule has 0 unspecified atom stereocenters. The van der Waals surface area contributed by atoms with Crippen LogP contribution in [0.2, 0.25) is 0 Å². The van der Waals surface area contributed by atoms with E-state index in [4.69, 9.17) is 5.73 Å². The number of carbonyl (C=O) groups is 1. The summed E-state index contributed by atoms with van der Waals surface area (Å²) in [5.41, 5.74) is 5.21. The number of nitrogen functional groups attached to an aromatic ring is 1. The highest BCUT2D eigenvalue weighted by Crippen LogP contribution is 2.25. The molecular weight excluding hydrogens is 260 g/mol. The van der Waals surface area contributed by atoms with Crippen molar-refractivity contribution >= 4 is 17.3 Å². The maximum absolute atomic E-state index is 11.9. The molecule has 0 aliphatic carbocycles. The number of nitro benzene ring substituents is 1. The summed E-state index contributed by atoms with van der Waals surface area (Å²) in [5, 5.41) is 13.6. The summed E-state index contributed by atoms with van der Waals surface area (Å²) >= 11 is 0. The Bertz CT molecular complexity index is 489. The third kappa shape index (κ3) is 4.51. The van der Waals surface area contributed by atoms with E-state index in [9.17, 15) is 14.9 Å². The van der Waals surface area contributed by atoms with Gasteiger partial charge < -0.3 is 16.0 Å². The summed E-state index contributed by atoms with van der Waals surface area (Å²) in [7, 11) is 3.96. The van der Waals surface area contributed by atoms with Crippen molar-refractivity contribution in [2.75, 3.05) is 32.9 Å². The zero-order chi connectivity index (χ0) is 15.1. The lowest BCUT2D eigenvalue weighted by Gasteiger charge is -2.10. The molecule has 0 bridgehead atoms. The van der Waals surface area contributed by atoms with Gasteiger partial charge in [0.05, 0.1) is 4.92 Å². The van der Waals surface area contributed by atoms with E-state index in [1.165, 1.54) is 18.2 Å². The molecule has 0 aliphatic heterocycles. The Balaban J connectivity index is 2.60. The molecule has 0 fully saturated rings. The second-order valence-corrected chi connectivity index (χ2v) is 4.77. The molecule has 3 N–H and O–H groups in total. The maximum atomic E-state index is 11.9. The van der Waals surface area contributed by atoms with Crippen molar-refractivity contribution in [1.29, 1.82) is 0 Å². The third-order valence-corrected chi connectivity index (χ3v) is 2.81. The SMILES string of the molecule is CN(C)CCCCNC(=O)c1cccc(N)c1[N+](=O)[O-]. The number of nitrogens with one attached hydrogen (secondary N) is 1. The third-order valence-electron chi connectivity index (χ3n) is 2.81. The van der Waals surface area contributed by atoms with Gasteiger partial charge in [0.25, 0.3) is 5.91 Å². The quantitative estimate of drug-likeness (QED) is 0.339. The van der Waals surface area contributed by atoms with Gasteiger partial charge in [-0.1, -0.05) is 6.07 Å². The molecule has 0 spiro atoms. The smallest absolute Gasteiger partial charge is 0.304 e. The lowest BCUT2D eigenvalue weighted by Crippen LogP contribution is -2.26. The normalized spacial score (nSPS) is 10.6. The minimum atomic E-state index is -0.629. The molecule has 0 saturated heterocycles. The number of rotatable bonds is 7. The van der Waals surface area contributed by atoms with E-state index in [0.29, 0.717) is 6.54 Å².